The number of aliphatic hydroxyl groups excluding tert-OH is 1. The number of aliphatic hydroxyl groups is 7. The van der Waals surface area contributed by atoms with E-state index in [0.29, 0.717) is 47.8 Å². The third-order valence-electron chi connectivity index (χ3n) is 24.1. The van der Waals surface area contributed by atoms with Crippen LogP contribution in [0.2, 0.25) is 0 Å². The Morgan fingerprint density at radius 2 is 0.755 bits per heavy atom. The Labute approximate surface area is 596 Å². The number of rotatable bonds is 20. The van der Waals surface area contributed by atoms with Gasteiger partial charge in [0.1, 0.15) is 0 Å². The molecule has 10 atom stereocenters. The van der Waals surface area contributed by atoms with Gasteiger partial charge in [0.15, 0.2) is 0 Å². The molecule has 554 valence electrons. The van der Waals surface area contributed by atoms with E-state index in [4.69, 9.17) is 0 Å². The third kappa shape index (κ3) is 24.8. The minimum absolute atomic E-state index is 0.127. The van der Waals surface area contributed by atoms with E-state index in [0.717, 1.165) is 110 Å². The third-order valence-corrected chi connectivity index (χ3v) is 24.1. The normalized spacial score (nSPS) is 25.0. The monoisotopic (exact) mass is 1360 g/mol. The van der Waals surface area contributed by atoms with E-state index >= 15 is 0 Å². The van der Waals surface area contributed by atoms with Crippen molar-refractivity contribution in [2.45, 2.75) is 325 Å². The summed E-state index contributed by atoms with van der Waals surface area (Å²) in [5, 5.41) is 92.3. The predicted molar refractivity (Wildman–Crippen MR) is 409 cm³/mol. The van der Waals surface area contributed by atoms with Crippen LogP contribution in [0.3, 0.4) is 0 Å². The van der Waals surface area contributed by atoms with Crippen LogP contribution in [-0.4, -0.2) is 151 Å². The Hall–Kier alpha value is -3.64. The SMILES string of the molecule is CC(C)(O)[C@@H]1CCCN1.CC(C)C(O)(C(C)C)[C@@H]1CCCN1.CC(C[C@@H](O)C1CCC1)(c1ccccc1)c1ccccc1.CCC(O)(CC)[C@@H]1CCCN1.C[C@@](O)(C1CCCC1)[C@@H]1CCCN1.C[C@@](O)(Cc1ccccc1)[C@@H]1CCCN1.Cc1ccc(C[C@@](C)(O)[C@@H]2CCCN2)cc1. The highest BCUT2D eigenvalue weighted by Gasteiger charge is 2.45. The van der Waals surface area contributed by atoms with Crippen molar-refractivity contribution in [2.75, 3.05) is 39.3 Å². The van der Waals surface area contributed by atoms with Crippen LogP contribution >= 0.6 is 0 Å². The number of benzene rings is 4. The van der Waals surface area contributed by atoms with Gasteiger partial charge in [-0.1, -0.05) is 189 Å². The highest BCUT2D eigenvalue weighted by Crippen LogP contribution is 2.42. The molecule has 0 bridgehead atoms. The summed E-state index contributed by atoms with van der Waals surface area (Å²) in [6, 6.07) is 41.6. The van der Waals surface area contributed by atoms with Crippen LogP contribution in [-0.2, 0) is 18.3 Å². The summed E-state index contributed by atoms with van der Waals surface area (Å²) >= 11 is 0. The molecule has 8 fully saturated rings. The summed E-state index contributed by atoms with van der Waals surface area (Å²) in [4.78, 5) is 0. The Morgan fingerprint density at radius 1 is 0.398 bits per heavy atom. The van der Waals surface area contributed by atoms with E-state index in [-0.39, 0.29) is 23.6 Å². The highest BCUT2D eigenvalue weighted by molar-refractivity contribution is 5.38. The molecule has 6 aliphatic heterocycles. The second-order valence-corrected chi connectivity index (χ2v) is 32.8. The van der Waals surface area contributed by atoms with E-state index in [9.17, 15) is 35.7 Å². The van der Waals surface area contributed by atoms with Gasteiger partial charge >= 0.3 is 0 Å². The van der Waals surface area contributed by atoms with E-state index in [1.165, 1.54) is 111 Å². The lowest BCUT2D eigenvalue weighted by Gasteiger charge is -2.41. The zero-order valence-electron chi connectivity index (χ0n) is 63.7. The number of aryl methyl sites for hydroxylation is 1. The predicted octanol–water partition coefficient (Wildman–Crippen LogP) is 13.6. The van der Waals surface area contributed by atoms with E-state index in [1.54, 1.807) is 0 Å². The van der Waals surface area contributed by atoms with Crippen LogP contribution in [0.4, 0.5) is 0 Å². The van der Waals surface area contributed by atoms with Crippen molar-refractivity contribution >= 4 is 0 Å². The van der Waals surface area contributed by atoms with E-state index in [1.807, 2.05) is 52.8 Å². The van der Waals surface area contributed by atoms with Crippen LogP contribution < -0.4 is 31.9 Å². The van der Waals surface area contributed by atoms with Crippen molar-refractivity contribution in [3.05, 3.63) is 143 Å². The van der Waals surface area contributed by atoms with Gasteiger partial charge < -0.3 is 67.6 Å². The van der Waals surface area contributed by atoms with Crippen LogP contribution in [0, 0.1) is 30.6 Å². The zero-order valence-corrected chi connectivity index (χ0v) is 63.7. The fourth-order valence-electron chi connectivity index (χ4n) is 16.9. The minimum Gasteiger partial charge on any atom is -0.393 e. The van der Waals surface area contributed by atoms with Gasteiger partial charge in [-0.2, -0.15) is 0 Å². The molecule has 0 spiro atoms. The molecule has 13 N–H and O–H groups in total. The molecule has 13 nitrogen and oxygen atoms in total. The summed E-state index contributed by atoms with van der Waals surface area (Å²) < 4.78 is 0. The molecule has 6 heterocycles. The smallest absolute Gasteiger partial charge is 0.0845 e. The van der Waals surface area contributed by atoms with Crippen molar-refractivity contribution < 1.29 is 35.7 Å². The van der Waals surface area contributed by atoms with Gasteiger partial charge in [0.05, 0.1) is 39.7 Å². The van der Waals surface area contributed by atoms with Crippen molar-refractivity contribution in [1.29, 1.82) is 0 Å². The first-order valence-electron chi connectivity index (χ1n) is 39.1. The second kappa shape index (κ2) is 39.9. The topological polar surface area (TPSA) is 214 Å². The van der Waals surface area contributed by atoms with Gasteiger partial charge in [0, 0.05) is 54.5 Å². The first kappa shape index (κ1) is 83.3. The average Bonchev–Trinajstić information content (AvgIpc) is 1.04. The first-order chi connectivity index (χ1) is 46.5. The Bertz CT molecular complexity index is 2660. The first-order valence-corrected chi connectivity index (χ1v) is 39.1. The van der Waals surface area contributed by atoms with Gasteiger partial charge in [-0.05, 0) is 249 Å². The molecule has 2 aliphatic carbocycles. The fraction of sp³-hybridized carbons (Fsp3) is 0.718. The molecule has 4 aromatic carbocycles. The van der Waals surface area contributed by atoms with Gasteiger partial charge in [-0.3, -0.25) is 0 Å². The standard InChI is InChI=1S/C20H24O.C14H21NO.C13H19NO.C11H21NO.C11H23NO.C9H19NO.C7H15NO/c1-20(17-11-4-2-5-12-17,18-13-6-3-7-14-18)15-19(21)16-9-8-10-16;1-11-5-7-12(8-6-11)10-14(2,16)13-4-3-9-15-13;1-13(15,12-8-5-9-14-12)10-11-6-3-2-4-7-11;1-11(13,9-5-2-3-6-9)10-7-4-8-12-10;1-8(2)11(13,9(3)4)10-6-5-7-12-10;1-3-9(11,4-2)8-6-5-7-10-8;1-7(2,9)6-4-3-5-8-6/h2-7,11-14,16,19,21H,8-10,15H2,1H3;5-8,13,15-16H,3-4,9-10H2,1-2H3;2-4,6-7,12,14-15H,5,8-10H2,1H3;9-10,12-13H,2-8H2,1H3;8-10,12-13H,5-7H2,1-4H3;8,10-11H,3-7H2,1-2H3;6,8-9H,3-5H2,1-2H3/t19-;13-,14+;12-,13+;10-,11+;10-;8-;6-/m1000000/s1. The molecular weight excluding hydrogens is 1220 g/mol. The summed E-state index contributed by atoms with van der Waals surface area (Å²) in [6.45, 7) is 32.9. The van der Waals surface area contributed by atoms with Crippen LogP contribution in [0.5, 0.6) is 0 Å². The minimum atomic E-state index is -0.633. The Kier molecular flexibility index (Phi) is 33.9. The van der Waals surface area contributed by atoms with Crippen molar-refractivity contribution in [1.82, 2.24) is 31.9 Å². The Balaban J connectivity index is 0.000000183. The van der Waals surface area contributed by atoms with Crippen LogP contribution in [0.1, 0.15) is 252 Å². The lowest BCUT2D eigenvalue weighted by molar-refractivity contribution is -0.0729. The zero-order chi connectivity index (χ0) is 71.6. The molecule has 0 amide bonds. The van der Waals surface area contributed by atoms with Gasteiger partial charge in [0.2, 0.25) is 0 Å². The lowest BCUT2D eigenvalue weighted by atomic mass is 9.68. The molecule has 12 rings (SSSR count). The van der Waals surface area contributed by atoms with Crippen molar-refractivity contribution in [3.8, 4) is 0 Å². The molecule has 8 aliphatic rings. The molecule has 98 heavy (non-hydrogen) atoms. The lowest BCUT2D eigenvalue weighted by Crippen LogP contribution is -2.55. The molecule has 13 heteroatoms. The number of nitrogens with one attached hydrogen (secondary N) is 6. The van der Waals surface area contributed by atoms with E-state index < -0.39 is 33.6 Å². The van der Waals surface area contributed by atoms with Gasteiger partial charge in [0.25, 0.3) is 0 Å². The van der Waals surface area contributed by atoms with Gasteiger partial charge in [-0.15, -0.1) is 0 Å². The highest BCUT2D eigenvalue weighted by atomic mass is 16.3. The molecule has 4 aromatic rings. The number of hydrogen-bond donors (Lipinski definition) is 13. The van der Waals surface area contributed by atoms with E-state index in [2.05, 4.69) is 184 Å². The molecule has 0 aromatic heterocycles. The molecule has 0 unspecified atom stereocenters. The van der Waals surface area contributed by atoms with Crippen molar-refractivity contribution in [3.63, 3.8) is 0 Å². The average molecular weight is 1360 g/mol. The molecular formula is C85H142N6O7. The second-order valence-electron chi connectivity index (χ2n) is 32.8. The summed E-state index contributed by atoms with van der Waals surface area (Å²) in [5.74, 6) is 1.69. The quantitative estimate of drug-likeness (QED) is 0.0397. The summed E-state index contributed by atoms with van der Waals surface area (Å²) in [7, 11) is 0. The number of hydrogen-bond acceptors (Lipinski definition) is 13. The summed E-state index contributed by atoms with van der Waals surface area (Å²) in [6.07, 6.45) is 26.4. The molecule has 6 saturated heterocycles. The van der Waals surface area contributed by atoms with Gasteiger partial charge in [-0.25, -0.2) is 0 Å². The molecule has 2 saturated carbocycles. The maximum absolute atomic E-state index is 10.6. The largest absolute Gasteiger partial charge is 0.393 e. The van der Waals surface area contributed by atoms with Crippen molar-refractivity contribution in [2.24, 2.45) is 23.7 Å². The van der Waals surface area contributed by atoms with Crippen LogP contribution in [0.15, 0.2) is 115 Å². The maximum Gasteiger partial charge on any atom is 0.0845 e. The maximum atomic E-state index is 10.6. The van der Waals surface area contributed by atoms with Crippen LogP contribution in [0.25, 0.3) is 0 Å². The summed E-state index contributed by atoms with van der Waals surface area (Å²) in [5.41, 5.74) is 2.91. The molecule has 0 radical (unpaired) electrons. The fourth-order valence-corrected chi connectivity index (χ4v) is 16.9. The Morgan fingerprint density at radius 3 is 1.09 bits per heavy atom.